The minimum Gasteiger partial charge on any atom is -0.395 e. The first kappa shape index (κ1) is 15.5. The van der Waals surface area contributed by atoms with E-state index in [4.69, 9.17) is 16.7 Å². The minimum absolute atomic E-state index is 0.219. The van der Waals surface area contributed by atoms with Crippen molar-refractivity contribution < 1.29 is 5.11 Å². The van der Waals surface area contributed by atoms with Gasteiger partial charge in [0.15, 0.2) is 5.65 Å². The van der Waals surface area contributed by atoms with Gasteiger partial charge in [-0.3, -0.25) is 0 Å². The van der Waals surface area contributed by atoms with E-state index in [0.717, 1.165) is 49.3 Å². The van der Waals surface area contributed by atoms with E-state index < -0.39 is 0 Å². The Morgan fingerprint density at radius 2 is 2.14 bits per heavy atom. The lowest BCUT2D eigenvalue weighted by Crippen LogP contribution is -2.44. The molecule has 0 saturated carbocycles. The zero-order valence-corrected chi connectivity index (χ0v) is 13.5. The van der Waals surface area contributed by atoms with Gasteiger partial charge in [0.05, 0.1) is 11.6 Å². The van der Waals surface area contributed by atoms with Gasteiger partial charge in [0.1, 0.15) is 5.82 Å². The van der Waals surface area contributed by atoms with E-state index in [2.05, 4.69) is 26.8 Å². The maximum atomic E-state index is 9.04. The number of rotatable bonds is 4. The highest BCUT2D eigenvalue weighted by atomic mass is 35.5. The topological polar surface area (TPSA) is 52.5 Å². The fourth-order valence-electron chi connectivity index (χ4n) is 3.03. The van der Waals surface area contributed by atoms with Gasteiger partial charge in [-0.15, -0.1) is 0 Å². The molecule has 0 aliphatic carbocycles. The van der Waals surface area contributed by atoms with Crippen LogP contribution in [0, 0.1) is 0 Å². The van der Waals surface area contributed by atoms with E-state index in [1.54, 1.807) is 6.20 Å². The normalized spacial score (nSPS) is 16.6. The van der Waals surface area contributed by atoms with Crippen LogP contribution in [0.5, 0.6) is 0 Å². The lowest BCUT2D eigenvalue weighted by Gasteiger charge is -2.37. The molecule has 1 fully saturated rings. The van der Waals surface area contributed by atoms with E-state index >= 15 is 0 Å². The lowest BCUT2D eigenvalue weighted by molar-refractivity contribution is 0.161. The van der Waals surface area contributed by atoms with Crippen LogP contribution in [-0.2, 0) is 0 Å². The summed E-state index contributed by atoms with van der Waals surface area (Å²) >= 11 is 5.96. The first-order valence-electron chi connectivity index (χ1n) is 7.66. The average Bonchev–Trinajstić information content (AvgIpc) is 2.55. The van der Waals surface area contributed by atoms with Crippen molar-refractivity contribution in [2.75, 3.05) is 38.2 Å². The standard InChI is InChI=1S/C16H21ClN4O/c1-20(8-9-22)14-4-6-21(7-5-14)15-3-2-12-10-13(17)11-18-16(12)19-15/h2-3,10-11,14,22H,4-9H2,1H3. The number of halogens is 1. The van der Waals surface area contributed by atoms with Gasteiger partial charge >= 0.3 is 0 Å². The predicted octanol–water partition coefficient (Wildman–Crippen LogP) is 2.18. The largest absolute Gasteiger partial charge is 0.395 e. The number of nitrogens with zero attached hydrogens (tertiary/aromatic N) is 4. The van der Waals surface area contributed by atoms with Crippen LogP contribution in [0.3, 0.4) is 0 Å². The molecule has 1 N–H and O–H groups in total. The van der Waals surface area contributed by atoms with Crippen LogP contribution in [0.25, 0.3) is 11.0 Å². The van der Waals surface area contributed by atoms with Crippen LogP contribution in [-0.4, -0.2) is 59.3 Å². The number of aliphatic hydroxyl groups is 1. The third-order valence-electron chi connectivity index (χ3n) is 4.36. The number of likely N-dealkylation sites (N-methyl/N-ethyl adjacent to an activating group) is 1. The average molecular weight is 321 g/mol. The Morgan fingerprint density at radius 3 is 2.86 bits per heavy atom. The van der Waals surface area contributed by atoms with E-state index in [0.29, 0.717) is 11.1 Å². The van der Waals surface area contributed by atoms with E-state index in [1.165, 1.54) is 0 Å². The van der Waals surface area contributed by atoms with E-state index in [1.807, 2.05) is 18.2 Å². The summed E-state index contributed by atoms with van der Waals surface area (Å²) in [6.07, 6.45) is 3.81. The molecule has 6 heteroatoms. The molecular formula is C16H21ClN4O. The summed E-state index contributed by atoms with van der Waals surface area (Å²) in [4.78, 5) is 13.5. The molecule has 5 nitrogen and oxygen atoms in total. The van der Waals surface area contributed by atoms with Crippen molar-refractivity contribution in [1.29, 1.82) is 0 Å². The molecule has 22 heavy (non-hydrogen) atoms. The molecule has 0 bridgehead atoms. The molecule has 2 aromatic rings. The second-order valence-electron chi connectivity index (χ2n) is 5.79. The molecule has 0 atom stereocenters. The molecule has 118 valence electrons. The quantitative estimate of drug-likeness (QED) is 0.935. The number of pyridine rings is 2. The van der Waals surface area contributed by atoms with Gasteiger partial charge in [-0.05, 0) is 38.1 Å². The van der Waals surface area contributed by atoms with Crippen LogP contribution in [0.4, 0.5) is 5.82 Å². The Hall–Kier alpha value is -1.43. The summed E-state index contributed by atoms with van der Waals surface area (Å²) in [6, 6.07) is 6.50. The molecule has 0 unspecified atom stereocenters. The Bertz CT molecular complexity index is 643. The maximum Gasteiger partial charge on any atom is 0.161 e. The summed E-state index contributed by atoms with van der Waals surface area (Å²) < 4.78 is 0. The molecule has 1 saturated heterocycles. The van der Waals surface area contributed by atoms with Crippen molar-refractivity contribution in [2.24, 2.45) is 0 Å². The summed E-state index contributed by atoms with van der Waals surface area (Å²) in [7, 11) is 2.08. The summed E-state index contributed by atoms with van der Waals surface area (Å²) in [5.74, 6) is 0.977. The van der Waals surface area contributed by atoms with Crippen LogP contribution >= 0.6 is 11.6 Å². The van der Waals surface area contributed by atoms with Gasteiger partial charge in [0, 0.05) is 37.3 Å². The van der Waals surface area contributed by atoms with Crippen molar-refractivity contribution in [3.63, 3.8) is 0 Å². The highest BCUT2D eigenvalue weighted by Gasteiger charge is 2.23. The summed E-state index contributed by atoms with van der Waals surface area (Å²) in [5.41, 5.74) is 0.737. The van der Waals surface area contributed by atoms with Gasteiger partial charge in [0.25, 0.3) is 0 Å². The lowest BCUT2D eigenvalue weighted by atomic mass is 10.0. The summed E-state index contributed by atoms with van der Waals surface area (Å²) in [6.45, 7) is 2.92. The SMILES string of the molecule is CN(CCO)C1CCN(c2ccc3cc(Cl)cnc3n2)CC1. The van der Waals surface area contributed by atoms with Crippen LogP contribution in [0.15, 0.2) is 24.4 Å². The fourth-order valence-corrected chi connectivity index (χ4v) is 3.19. The second-order valence-corrected chi connectivity index (χ2v) is 6.23. The first-order chi connectivity index (χ1) is 10.7. The zero-order valence-electron chi connectivity index (χ0n) is 12.7. The molecule has 3 rings (SSSR count). The van der Waals surface area contributed by atoms with Crippen molar-refractivity contribution >= 4 is 28.5 Å². The van der Waals surface area contributed by atoms with Crippen molar-refractivity contribution in [1.82, 2.24) is 14.9 Å². The van der Waals surface area contributed by atoms with Crippen LogP contribution in [0.1, 0.15) is 12.8 Å². The zero-order chi connectivity index (χ0) is 15.5. The third-order valence-corrected chi connectivity index (χ3v) is 4.57. The Balaban J connectivity index is 1.69. The molecule has 0 radical (unpaired) electrons. The van der Waals surface area contributed by atoms with Gasteiger partial charge < -0.3 is 14.9 Å². The molecule has 2 aromatic heterocycles. The van der Waals surface area contributed by atoms with Gasteiger partial charge in [0.2, 0.25) is 0 Å². The molecule has 1 aliphatic heterocycles. The van der Waals surface area contributed by atoms with Gasteiger partial charge in [-0.1, -0.05) is 11.6 Å². The Labute approximate surface area is 135 Å². The van der Waals surface area contributed by atoms with Gasteiger partial charge in [-0.25, -0.2) is 9.97 Å². The number of fused-ring (bicyclic) bond motifs is 1. The molecule has 1 aliphatic rings. The second kappa shape index (κ2) is 6.77. The Morgan fingerprint density at radius 1 is 1.36 bits per heavy atom. The Kier molecular flexibility index (Phi) is 4.76. The number of anilines is 1. The third kappa shape index (κ3) is 3.32. The predicted molar refractivity (Wildman–Crippen MR) is 89.5 cm³/mol. The van der Waals surface area contributed by atoms with Crippen LogP contribution in [0.2, 0.25) is 5.02 Å². The number of piperidine rings is 1. The van der Waals surface area contributed by atoms with Gasteiger partial charge in [-0.2, -0.15) is 0 Å². The molecular weight excluding hydrogens is 300 g/mol. The number of aliphatic hydroxyl groups excluding tert-OH is 1. The first-order valence-corrected chi connectivity index (χ1v) is 8.03. The number of aromatic nitrogens is 2. The molecule has 0 aromatic carbocycles. The minimum atomic E-state index is 0.219. The number of hydrogen-bond acceptors (Lipinski definition) is 5. The molecule has 0 spiro atoms. The fraction of sp³-hybridized carbons (Fsp3) is 0.500. The van der Waals surface area contributed by atoms with E-state index in [9.17, 15) is 0 Å². The van der Waals surface area contributed by atoms with Crippen molar-refractivity contribution in [3.8, 4) is 0 Å². The molecule has 0 amide bonds. The van der Waals surface area contributed by atoms with E-state index in [-0.39, 0.29) is 6.61 Å². The summed E-state index contributed by atoms with van der Waals surface area (Å²) in [5, 5.41) is 10.6. The van der Waals surface area contributed by atoms with Crippen LogP contribution < -0.4 is 4.90 Å². The molecule has 3 heterocycles. The maximum absolute atomic E-state index is 9.04. The highest BCUT2D eigenvalue weighted by Crippen LogP contribution is 2.23. The van der Waals surface area contributed by atoms with Crippen molar-refractivity contribution in [2.45, 2.75) is 18.9 Å². The highest BCUT2D eigenvalue weighted by molar-refractivity contribution is 6.31. The monoisotopic (exact) mass is 320 g/mol. The van der Waals surface area contributed by atoms with Crippen molar-refractivity contribution in [3.05, 3.63) is 29.4 Å². The number of hydrogen-bond donors (Lipinski definition) is 1. The smallest absolute Gasteiger partial charge is 0.161 e.